The van der Waals surface area contributed by atoms with E-state index in [1.807, 2.05) is 0 Å². The zero-order valence-electron chi connectivity index (χ0n) is 25.0. The van der Waals surface area contributed by atoms with Crippen LogP contribution in [0.4, 0.5) is 4.79 Å². The van der Waals surface area contributed by atoms with Gasteiger partial charge in [0, 0.05) is 57.1 Å². The minimum absolute atomic E-state index is 0.0984. The molecular formula is C30H37N5O10. The molecule has 3 N–H and O–H groups in total. The summed E-state index contributed by atoms with van der Waals surface area (Å²) in [5.41, 5.74) is 0.303. The number of aromatic nitrogens is 1. The Balaban J connectivity index is 1.46. The van der Waals surface area contributed by atoms with E-state index in [0.717, 1.165) is 0 Å². The third-order valence-electron chi connectivity index (χ3n) is 7.83. The van der Waals surface area contributed by atoms with Crippen molar-refractivity contribution in [1.82, 2.24) is 25.0 Å². The monoisotopic (exact) mass is 627 g/mol. The highest BCUT2D eigenvalue weighted by Crippen LogP contribution is 2.26. The van der Waals surface area contributed by atoms with E-state index >= 15 is 0 Å². The number of pyridine rings is 1. The number of nitrogens with zero attached hydrogens (tertiary/aromatic N) is 4. The Labute approximate surface area is 259 Å². The van der Waals surface area contributed by atoms with Crippen molar-refractivity contribution in [2.75, 3.05) is 52.5 Å². The average molecular weight is 628 g/mol. The summed E-state index contributed by atoms with van der Waals surface area (Å²) in [5, 5.41) is 21.6. The largest absolute Gasteiger partial charge is 0.483 e. The number of carboxylic acid groups (broad SMARTS) is 2. The number of para-hydroxylation sites is 1. The average Bonchev–Trinajstić information content (AvgIpc) is 3.04. The molecule has 1 unspecified atom stereocenters. The molecule has 2 aliphatic heterocycles. The Morgan fingerprint density at radius 1 is 0.956 bits per heavy atom. The number of likely N-dealkylation sites (tertiary alicyclic amines) is 1. The van der Waals surface area contributed by atoms with E-state index in [1.54, 1.807) is 36.1 Å². The molecule has 2 aromatic rings. The van der Waals surface area contributed by atoms with Crippen LogP contribution in [0.25, 0.3) is 10.9 Å². The molecule has 15 nitrogen and oxygen atoms in total. The highest BCUT2D eigenvalue weighted by Gasteiger charge is 2.32. The fraction of sp³-hybridized carbons (Fsp3) is 0.500. The van der Waals surface area contributed by atoms with Crippen LogP contribution in [-0.4, -0.2) is 124 Å². The number of rotatable bonds is 11. The maximum absolute atomic E-state index is 13.4. The molecule has 1 aromatic heterocycles. The summed E-state index contributed by atoms with van der Waals surface area (Å²) in [4.78, 5) is 83.1. The van der Waals surface area contributed by atoms with Crippen molar-refractivity contribution in [2.24, 2.45) is 5.92 Å². The van der Waals surface area contributed by atoms with E-state index in [-0.39, 0.29) is 69.6 Å². The van der Waals surface area contributed by atoms with Gasteiger partial charge in [0.05, 0.1) is 18.0 Å². The molecule has 15 heteroatoms. The van der Waals surface area contributed by atoms with Crippen LogP contribution in [0.3, 0.4) is 0 Å². The lowest BCUT2D eigenvalue weighted by Gasteiger charge is -2.35. The molecule has 0 spiro atoms. The molecule has 45 heavy (non-hydrogen) atoms. The van der Waals surface area contributed by atoms with E-state index in [2.05, 4.69) is 10.3 Å². The predicted octanol–water partition coefficient (Wildman–Crippen LogP) is 1.20. The number of benzene rings is 1. The van der Waals surface area contributed by atoms with Crippen LogP contribution < -0.4 is 10.1 Å². The Hall–Kier alpha value is -4.95. The van der Waals surface area contributed by atoms with Gasteiger partial charge in [0.25, 0.3) is 11.8 Å². The number of piperidine rings is 1. The van der Waals surface area contributed by atoms with Gasteiger partial charge >= 0.3 is 18.0 Å². The van der Waals surface area contributed by atoms with E-state index < -0.39 is 41.8 Å². The molecule has 0 bridgehead atoms. The van der Waals surface area contributed by atoms with Crippen molar-refractivity contribution in [1.29, 1.82) is 0 Å². The molecule has 0 aliphatic carbocycles. The van der Waals surface area contributed by atoms with E-state index in [0.29, 0.717) is 36.8 Å². The molecule has 2 fully saturated rings. The van der Waals surface area contributed by atoms with Crippen LogP contribution in [-0.2, 0) is 23.9 Å². The van der Waals surface area contributed by atoms with Crippen LogP contribution in [0.5, 0.6) is 5.75 Å². The first-order chi connectivity index (χ1) is 21.6. The topological polar surface area (TPSA) is 196 Å². The number of carbonyl (C=O) groups excluding carboxylic acids is 4. The summed E-state index contributed by atoms with van der Waals surface area (Å²) in [6, 6.07) is 7.03. The van der Waals surface area contributed by atoms with Gasteiger partial charge in [-0.2, -0.15) is 0 Å². The second kappa shape index (κ2) is 15.2. The first kappa shape index (κ1) is 33.0. The Morgan fingerprint density at radius 2 is 1.62 bits per heavy atom. The van der Waals surface area contributed by atoms with Crippen LogP contribution in [0.15, 0.2) is 30.3 Å². The van der Waals surface area contributed by atoms with Crippen molar-refractivity contribution < 1.29 is 48.5 Å². The molecule has 2 aliphatic rings. The van der Waals surface area contributed by atoms with Crippen LogP contribution in [0.1, 0.15) is 43.1 Å². The summed E-state index contributed by atoms with van der Waals surface area (Å²) in [6.07, 6.45) is -0.309. The number of amides is 4. The summed E-state index contributed by atoms with van der Waals surface area (Å²) in [6.45, 7) is 3.00. The number of ether oxygens (including phenoxy) is 2. The van der Waals surface area contributed by atoms with Crippen LogP contribution in [0.2, 0.25) is 0 Å². The third-order valence-corrected chi connectivity index (χ3v) is 7.83. The number of nitrogens with one attached hydrogen (secondary N) is 1. The van der Waals surface area contributed by atoms with Gasteiger partial charge in [0.15, 0.2) is 6.61 Å². The van der Waals surface area contributed by atoms with Gasteiger partial charge in [0.1, 0.15) is 17.5 Å². The highest BCUT2D eigenvalue weighted by molar-refractivity contribution is 5.99. The second-order valence-electron chi connectivity index (χ2n) is 10.8. The molecule has 1 atom stereocenters. The standard InChI is InChI=1S/C30H37N5O10/c1-2-44-30(43)35-15-13-34(14-16-35)28(40)22(7-8-26(37)38)32-27(39)23-17-24(20-5-3-4-6-21(20)31-23)45-18-25(36)33-11-9-19(10-12-33)29(41)42/h3-6,17,19,22H,2,7-16,18H2,1H3,(H,32,39)(H,37,38)(H,41,42). The van der Waals surface area contributed by atoms with Crippen molar-refractivity contribution in [3.63, 3.8) is 0 Å². The smallest absolute Gasteiger partial charge is 0.409 e. The Morgan fingerprint density at radius 3 is 2.27 bits per heavy atom. The summed E-state index contributed by atoms with van der Waals surface area (Å²) < 4.78 is 10.9. The quantitative estimate of drug-likeness (QED) is 0.324. The van der Waals surface area contributed by atoms with Crippen LogP contribution in [0, 0.1) is 5.92 Å². The van der Waals surface area contributed by atoms with Gasteiger partial charge in [-0.1, -0.05) is 12.1 Å². The molecule has 1 aromatic carbocycles. The fourth-order valence-corrected chi connectivity index (χ4v) is 5.29. The lowest BCUT2D eigenvalue weighted by molar-refractivity contribution is -0.146. The Bertz CT molecular complexity index is 1430. The van der Waals surface area contributed by atoms with E-state index in [9.17, 15) is 39.0 Å². The number of hydrogen-bond donors (Lipinski definition) is 3. The van der Waals surface area contributed by atoms with Crippen LogP contribution >= 0.6 is 0 Å². The number of carboxylic acids is 2. The molecule has 2 saturated heterocycles. The molecule has 4 rings (SSSR count). The van der Waals surface area contributed by atoms with Gasteiger partial charge in [-0.15, -0.1) is 0 Å². The molecule has 4 amide bonds. The SMILES string of the molecule is CCOC(=O)N1CCN(C(=O)C(CCC(=O)O)NC(=O)c2cc(OCC(=O)N3CCC(C(=O)O)CC3)c3ccccc3n2)CC1. The minimum atomic E-state index is -1.17. The van der Waals surface area contributed by atoms with E-state index in [1.165, 1.54) is 15.9 Å². The number of fused-ring (bicyclic) bond motifs is 1. The van der Waals surface area contributed by atoms with Gasteiger partial charge < -0.3 is 39.7 Å². The van der Waals surface area contributed by atoms with Crippen molar-refractivity contribution >= 4 is 46.7 Å². The minimum Gasteiger partial charge on any atom is -0.483 e. The molecule has 3 heterocycles. The van der Waals surface area contributed by atoms with Crippen molar-refractivity contribution in [3.8, 4) is 5.75 Å². The molecule has 0 radical (unpaired) electrons. The maximum Gasteiger partial charge on any atom is 0.409 e. The summed E-state index contributed by atoms with van der Waals surface area (Å²) in [5.74, 6) is -3.83. The van der Waals surface area contributed by atoms with Gasteiger partial charge in [0.2, 0.25) is 5.91 Å². The second-order valence-corrected chi connectivity index (χ2v) is 10.8. The molecule has 0 saturated carbocycles. The third kappa shape index (κ3) is 8.58. The zero-order chi connectivity index (χ0) is 32.5. The first-order valence-electron chi connectivity index (χ1n) is 14.8. The summed E-state index contributed by atoms with van der Waals surface area (Å²) >= 11 is 0. The lowest BCUT2D eigenvalue weighted by Crippen LogP contribution is -2.56. The lowest BCUT2D eigenvalue weighted by atomic mass is 9.97. The normalized spacial score (nSPS) is 16.2. The molecular weight excluding hydrogens is 590 g/mol. The van der Waals surface area contributed by atoms with Gasteiger partial charge in [-0.3, -0.25) is 24.0 Å². The van der Waals surface area contributed by atoms with E-state index in [4.69, 9.17) is 9.47 Å². The maximum atomic E-state index is 13.4. The van der Waals surface area contributed by atoms with Gasteiger partial charge in [-0.25, -0.2) is 9.78 Å². The van der Waals surface area contributed by atoms with Crippen molar-refractivity contribution in [3.05, 3.63) is 36.0 Å². The number of hydrogen-bond acceptors (Lipinski definition) is 9. The first-order valence-corrected chi connectivity index (χ1v) is 14.8. The Kier molecular flexibility index (Phi) is 11.1. The number of piperazine rings is 1. The number of carbonyl (C=O) groups is 6. The summed E-state index contributed by atoms with van der Waals surface area (Å²) in [7, 11) is 0. The number of aliphatic carboxylic acids is 2. The predicted molar refractivity (Wildman–Crippen MR) is 157 cm³/mol. The van der Waals surface area contributed by atoms with Crippen molar-refractivity contribution in [2.45, 2.75) is 38.6 Å². The van der Waals surface area contributed by atoms with Gasteiger partial charge in [-0.05, 0) is 38.3 Å². The fourth-order valence-electron chi connectivity index (χ4n) is 5.29. The highest BCUT2D eigenvalue weighted by atomic mass is 16.6. The zero-order valence-corrected chi connectivity index (χ0v) is 25.0. The molecule has 242 valence electrons.